The Labute approximate surface area is 176 Å². The highest BCUT2D eigenvalue weighted by Gasteiger charge is 2.22. The maximum Gasteiger partial charge on any atom is 0.194 e. The molecule has 0 aliphatic rings. The number of fused-ring (bicyclic) bond motifs is 1. The van der Waals surface area contributed by atoms with Crippen molar-refractivity contribution in [2.75, 3.05) is 0 Å². The van der Waals surface area contributed by atoms with Crippen molar-refractivity contribution in [3.05, 3.63) is 82.7 Å². The van der Waals surface area contributed by atoms with Gasteiger partial charge in [0.05, 0.1) is 15.8 Å². The molecule has 4 rings (SSSR count). The molecule has 0 fully saturated rings. The molecular formula is C23H13F7S. The number of benzene rings is 3. The molecule has 0 atom stereocenters. The average Bonchev–Trinajstić information content (AvgIpc) is 3.02. The fraction of sp³-hybridized carbons (Fsp3) is 0.130. The van der Waals surface area contributed by atoms with E-state index in [1.807, 2.05) is 6.92 Å². The minimum absolute atomic E-state index is 0.177. The maximum absolute atomic E-state index is 14.9. The SMILES string of the molecule is CCCc1cc(F)c2c(F)c(-c3cc(F)c(-c4cc(F)c(F)c(F)c4)c(F)c3)sc2c1. The van der Waals surface area contributed by atoms with Crippen LogP contribution < -0.4 is 0 Å². The van der Waals surface area contributed by atoms with Gasteiger partial charge in [-0.15, -0.1) is 11.3 Å². The van der Waals surface area contributed by atoms with Gasteiger partial charge in [0.1, 0.15) is 17.5 Å². The van der Waals surface area contributed by atoms with E-state index in [0.717, 1.165) is 29.9 Å². The Morgan fingerprint density at radius 3 is 1.81 bits per heavy atom. The van der Waals surface area contributed by atoms with Gasteiger partial charge in [-0.25, -0.2) is 30.7 Å². The first-order valence-electron chi connectivity index (χ1n) is 9.26. The van der Waals surface area contributed by atoms with Crippen LogP contribution >= 0.6 is 11.3 Å². The number of aryl methyl sites for hydroxylation is 1. The van der Waals surface area contributed by atoms with E-state index < -0.39 is 51.8 Å². The second-order valence-electron chi connectivity index (χ2n) is 7.01. The standard InChI is InChI=1S/C23H13F7S/c1-2-3-10-4-13(24)20-18(5-10)31-23(22(20)30)12-8-14(25)19(15(26)9-12)11-6-16(27)21(29)17(28)7-11/h4-9H,2-3H2,1H3. The lowest BCUT2D eigenvalue weighted by molar-refractivity contribution is 0.447. The number of hydrogen-bond donors (Lipinski definition) is 0. The quantitative estimate of drug-likeness (QED) is 0.216. The van der Waals surface area contributed by atoms with E-state index in [4.69, 9.17) is 0 Å². The molecule has 0 bridgehead atoms. The summed E-state index contributed by atoms with van der Waals surface area (Å²) in [5.74, 6) is -9.16. The van der Waals surface area contributed by atoms with E-state index in [2.05, 4.69) is 0 Å². The van der Waals surface area contributed by atoms with E-state index in [0.29, 0.717) is 28.8 Å². The Morgan fingerprint density at radius 1 is 0.645 bits per heavy atom. The van der Waals surface area contributed by atoms with Crippen molar-refractivity contribution in [3.63, 3.8) is 0 Å². The molecular weight excluding hydrogens is 441 g/mol. The first-order chi connectivity index (χ1) is 14.7. The normalized spacial score (nSPS) is 11.5. The van der Waals surface area contributed by atoms with Crippen LogP contribution in [0.15, 0.2) is 36.4 Å². The molecule has 3 aromatic carbocycles. The van der Waals surface area contributed by atoms with E-state index in [9.17, 15) is 30.7 Å². The second kappa shape index (κ2) is 8.00. The lowest BCUT2D eigenvalue weighted by atomic mass is 10.0. The molecule has 0 aliphatic heterocycles. The number of halogens is 7. The van der Waals surface area contributed by atoms with Crippen LogP contribution in [0.4, 0.5) is 30.7 Å². The zero-order valence-corrected chi connectivity index (χ0v) is 16.7. The minimum Gasteiger partial charge on any atom is -0.206 e. The highest BCUT2D eigenvalue weighted by molar-refractivity contribution is 7.22. The van der Waals surface area contributed by atoms with Crippen LogP contribution in [-0.4, -0.2) is 0 Å². The smallest absolute Gasteiger partial charge is 0.194 e. The molecule has 1 aromatic heterocycles. The molecule has 0 saturated heterocycles. The van der Waals surface area contributed by atoms with Gasteiger partial charge in [0.15, 0.2) is 23.3 Å². The molecule has 0 N–H and O–H groups in total. The summed E-state index contributed by atoms with van der Waals surface area (Å²) < 4.78 is 99.2. The Morgan fingerprint density at radius 2 is 1.23 bits per heavy atom. The van der Waals surface area contributed by atoms with Crippen LogP contribution in [0.3, 0.4) is 0 Å². The van der Waals surface area contributed by atoms with E-state index in [-0.39, 0.29) is 15.8 Å². The van der Waals surface area contributed by atoms with Crippen molar-refractivity contribution in [3.8, 4) is 21.6 Å². The van der Waals surface area contributed by atoms with Crippen LogP contribution in [0.5, 0.6) is 0 Å². The van der Waals surface area contributed by atoms with Gasteiger partial charge in [-0.3, -0.25) is 0 Å². The number of rotatable bonds is 4. The van der Waals surface area contributed by atoms with Crippen LogP contribution in [0.1, 0.15) is 18.9 Å². The molecule has 0 aliphatic carbocycles. The number of thiophene rings is 1. The van der Waals surface area contributed by atoms with Gasteiger partial charge in [-0.1, -0.05) is 13.3 Å². The molecule has 8 heteroatoms. The predicted octanol–water partition coefficient (Wildman–Crippen LogP) is 8.16. The van der Waals surface area contributed by atoms with E-state index in [1.165, 1.54) is 6.07 Å². The fourth-order valence-corrected chi connectivity index (χ4v) is 4.64. The number of hydrogen-bond acceptors (Lipinski definition) is 1. The third-order valence-electron chi connectivity index (χ3n) is 4.86. The molecule has 0 saturated carbocycles. The summed E-state index contributed by atoms with van der Waals surface area (Å²) in [5, 5.41) is -0.271. The Kier molecular flexibility index (Phi) is 5.51. The zero-order chi connectivity index (χ0) is 22.4. The lowest BCUT2D eigenvalue weighted by Crippen LogP contribution is -1.97. The summed E-state index contributed by atoms with van der Waals surface area (Å²) in [6.45, 7) is 1.91. The molecule has 0 nitrogen and oxygen atoms in total. The van der Waals surface area contributed by atoms with Crippen molar-refractivity contribution in [2.45, 2.75) is 19.8 Å². The third kappa shape index (κ3) is 3.69. The van der Waals surface area contributed by atoms with Crippen molar-refractivity contribution >= 4 is 21.4 Å². The molecule has 1 heterocycles. The molecule has 0 unspecified atom stereocenters. The second-order valence-corrected chi connectivity index (χ2v) is 8.07. The van der Waals surface area contributed by atoms with E-state index in [1.54, 1.807) is 6.07 Å². The average molecular weight is 454 g/mol. The van der Waals surface area contributed by atoms with Crippen molar-refractivity contribution in [1.29, 1.82) is 0 Å². The lowest BCUT2D eigenvalue weighted by Gasteiger charge is -2.09. The molecule has 31 heavy (non-hydrogen) atoms. The van der Waals surface area contributed by atoms with Crippen molar-refractivity contribution in [1.82, 2.24) is 0 Å². The topological polar surface area (TPSA) is 0 Å². The van der Waals surface area contributed by atoms with Gasteiger partial charge in [0, 0.05) is 10.3 Å². The van der Waals surface area contributed by atoms with Gasteiger partial charge in [-0.05, 0) is 53.9 Å². The van der Waals surface area contributed by atoms with E-state index >= 15 is 0 Å². The van der Waals surface area contributed by atoms with Gasteiger partial charge in [0.25, 0.3) is 0 Å². The van der Waals surface area contributed by atoms with Gasteiger partial charge in [-0.2, -0.15) is 0 Å². The van der Waals surface area contributed by atoms with Crippen LogP contribution in [0.2, 0.25) is 0 Å². The first-order valence-corrected chi connectivity index (χ1v) is 10.1. The van der Waals surface area contributed by atoms with Crippen LogP contribution in [-0.2, 0) is 6.42 Å². The molecule has 0 amide bonds. The Balaban J connectivity index is 1.86. The molecule has 0 radical (unpaired) electrons. The first kappa shape index (κ1) is 21.4. The van der Waals surface area contributed by atoms with Crippen LogP contribution in [0.25, 0.3) is 31.7 Å². The minimum atomic E-state index is -1.77. The van der Waals surface area contributed by atoms with Crippen molar-refractivity contribution < 1.29 is 30.7 Å². The zero-order valence-electron chi connectivity index (χ0n) is 15.9. The third-order valence-corrected chi connectivity index (χ3v) is 6.02. The Hall–Kier alpha value is -2.87. The molecule has 4 aromatic rings. The summed E-state index contributed by atoms with van der Waals surface area (Å²) in [5.41, 5.74) is -0.866. The summed E-state index contributed by atoms with van der Waals surface area (Å²) in [6.07, 6.45) is 1.35. The predicted molar refractivity (Wildman–Crippen MR) is 106 cm³/mol. The molecule has 160 valence electrons. The fourth-order valence-electron chi connectivity index (χ4n) is 3.50. The largest absolute Gasteiger partial charge is 0.206 e. The van der Waals surface area contributed by atoms with Gasteiger partial charge in [0.2, 0.25) is 0 Å². The summed E-state index contributed by atoms with van der Waals surface area (Å²) in [6, 6.07) is 5.36. The van der Waals surface area contributed by atoms with Gasteiger partial charge >= 0.3 is 0 Å². The van der Waals surface area contributed by atoms with Crippen LogP contribution in [0, 0.1) is 40.7 Å². The monoisotopic (exact) mass is 454 g/mol. The highest BCUT2D eigenvalue weighted by atomic mass is 32.1. The Bertz CT molecular complexity index is 1280. The molecule has 0 spiro atoms. The maximum atomic E-state index is 14.9. The highest BCUT2D eigenvalue weighted by Crippen LogP contribution is 2.41. The summed E-state index contributed by atoms with van der Waals surface area (Å²) >= 11 is 0.839. The summed E-state index contributed by atoms with van der Waals surface area (Å²) in [7, 11) is 0. The summed E-state index contributed by atoms with van der Waals surface area (Å²) in [4.78, 5) is -0.177. The van der Waals surface area contributed by atoms with Crippen molar-refractivity contribution in [2.24, 2.45) is 0 Å². The van der Waals surface area contributed by atoms with Gasteiger partial charge < -0.3 is 0 Å².